The van der Waals surface area contributed by atoms with Crippen molar-refractivity contribution in [2.24, 2.45) is 0 Å². The topological polar surface area (TPSA) is 41.6 Å². The number of carbonyl (C=O) groups is 1. The van der Waals surface area contributed by atoms with Gasteiger partial charge in [-0.25, -0.2) is 0 Å². The predicted octanol–water partition coefficient (Wildman–Crippen LogP) is 6.92. The maximum atomic E-state index is 13.0. The highest BCUT2D eigenvalue weighted by Crippen LogP contribution is 2.38. The smallest absolute Gasteiger partial charge is 0.261 e. The lowest BCUT2D eigenvalue weighted by molar-refractivity contribution is -0.128. The molecule has 0 unspecified atom stereocenters. The van der Waals surface area contributed by atoms with E-state index in [2.05, 4.69) is 103 Å². The highest BCUT2D eigenvalue weighted by atomic mass is 16.5. The Morgan fingerprint density at radius 2 is 1.62 bits per heavy atom. The molecule has 200 valence electrons. The van der Waals surface area contributed by atoms with Crippen LogP contribution in [0.1, 0.15) is 58.3 Å². The molecule has 4 nitrogen and oxygen atoms in total. The average Bonchev–Trinajstić information content (AvgIpc) is 2.95. The normalized spacial score (nSPS) is 15.8. The third-order valence-corrected chi connectivity index (χ3v) is 7.52. The SMILES string of the molecule is CC[C@@H](Oc1ccc2c(c1)[C@H](c1ccccc1)N(Cc1cccc(C)c1)CC2)C(=O)NCc1cccc(C)c1. The van der Waals surface area contributed by atoms with E-state index in [-0.39, 0.29) is 11.9 Å². The Hall–Kier alpha value is -3.89. The van der Waals surface area contributed by atoms with E-state index < -0.39 is 6.10 Å². The van der Waals surface area contributed by atoms with Crippen molar-refractivity contribution < 1.29 is 9.53 Å². The highest BCUT2D eigenvalue weighted by Gasteiger charge is 2.30. The molecule has 0 fully saturated rings. The molecular formula is C35H38N2O2. The molecule has 0 saturated carbocycles. The number of rotatable bonds is 9. The minimum Gasteiger partial charge on any atom is -0.481 e. The number of hydrogen-bond acceptors (Lipinski definition) is 3. The molecule has 4 aromatic carbocycles. The molecule has 4 heteroatoms. The van der Waals surface area contributed by atoms with Gasteiger partial charge in [0.1, 0.15) is 5.75 Å². The van der Waals surface area contributed by atoms with E-state index in [1.165, 1.54) is 33.4 Å². The van der Waals surface area contributed by atoms with Gasteiger partial charge in [0, 0.05) is 19.6 Å². The van der Waals surface area contributed by atoms with E-state index in [1.807, 2.05) is 25.1 Å². The first-order chi connectivity index (χ1) is 19.0. The number of nitrogens with zero attached hydrogens (tertiary/aromatic N) is 1. The number of ether oxygens (including phenoxy) is 1. The van der Waals surface area contributed by atoms with E-state index in [1.54, 1.807) is 0 Å². The number of benzene rings is 4. The first kappa shape index (κ1) is 26.7. The summed E-state index contributed by atoms with van der Waals surface area (Å²) in [5.74, 6) is 0.655. The molecule has 0 bridgehead atoms. The van der Waals surface area contributed by atoms with Gasteiger partial charge in [0.2, 0.25) is 0 Å². The van der Waals surface area contributed by atoms with Crippen LogP contribution in [0.4, 0.5) is 0 Å². The average molecular weight is 519 g/mol. The van der Waals surface area contributed by atoms with Crippen LogP contribution < -0.4 is 10.1 Å². The number of fused-ring (bicyclic) bond motifs is 1. The van der Waals surface area contributed by atoms with Gasteiger partial charge in [-0.3, -0.25) is 9.69 Å². The molecule has 0 aromatic heterocycles. The predicted molar refractivity (Wildman–Crippen MR) is 158 cm³/mol. The van der Waals surface area contributed by atoms with Gasteiger partial charge >= 0.3 is 0 Å². The number of nitrogens with one attached hydrogen (secondary N) is 1. The largest absolute Gasteiger partial charge is 0.481 e. The molecule has 0 aliphatic carbocycles. The van der Waals surface area contributed by atoms with Crippen molar-refractivity contribution >= 4 is 5.91 Å². The van der Waals surface area contributed by atoms with E-state index in [0.29, 0.717) is 13.0 Å². The third-order valence-electron chi connectivity index (χ3n) is 7.52. The maximum Gasteiger partial charge on any atom is 0.261 e. The van der Waals surface area contributed by atoms with Gasteiger partial charge in [-0.1, -0.05) is 103 Å². The molecule has 1 heterocycles. The Morgan fingerprint density at radius 3 is 2.33 bits per heavy atom. The van der Waals surface area contributed by atoms with Gasteiger partial charge in [-0.15, -0.1) is 0 Å². The first-order valence-corrected chi connectivity index (χ1v) is 14.0. The number of carbonyl (C=O) groups excluding carboxylic acids is 1. The molecule has 2 atom stereocenters. The third kappa shape index (κ3) is 6.58. The Bertz CT molecular complexity index is 1420. The van der Waals surface area contributed by atoms with E-state index in [9.17, 15) is 4.79 Å². The van der Waals surface area contributed by atoms with Crippen molar-refractivity contribution in [3.8, 4) is 5.75 Å². The fourth-order valence-corrected chi connectivity index (χ4v) is 5.57. The second-order valence-corrected chi connectivity index (χ2v) is 10.6. The summed E-state index contributed by atoms with van der Waals surface area (Å²) < 4.78 is 6.33. The summed E-state index contributed by atoms with van der Waals surface area (Å²) in [7, 11) is 0. The summed E-state index contributed by atoms with van der Waals surface area (Å²) >= 11 is 0. The Kier molecular flexibility index (Phi) is 8.43. The highest BCUT2D eigenvalue weighted by molar-refractivity contribution is 5.81. The lowest BCUT2D eigenvalue weighted by atomic mass is 9.87. The monoisotopic (exact) mass is 518 g/mol. The zero-order valence-electron chi connectivity index (χ0n) is 23.2. The summed E-state index contributed by atoms with van der Waals surface area (Å²) in [6, 6.07) is 34.2. The van der Waals surface area contributed by atoms with Crippen molar-refractivity contribution in [3.05, 3.63) is 136 Å². The second kappa shape index (κ2) is 12.3. The molecule has 4 aromatic rings. The lowest BCUT2D eigenvalue weighted by Crippen LogP contribution is -2.38. The molecule has 1 aliphatic heterocycles. The molecule has 1 amide bonds. The summed E-state index contributed by atoms with van der Waals surface area (Å²) in [6.45, 7) is 8.56. The fraction of sp³-hybridized carbons (Fsp3) is 0.286. The molecule has 0 radical (unpaired) electrons. The van der Waals surface area contributed by atoms with Gasteiger partial charge in [0.25, 0.3) is 5.91 Å². The molecule has 1 N–H and O–H groups in total. The lowest BCUT2D eigenvalue weighted by Gasteiger charge is -2.38. The van der Waals surface area contributed by atoms with Gasteiger partial charge < -0.3 is 10.1 Å². The van der Waals surface area contributed by atoms with E-state index in [4.69, 9.17) is 4.74 Å². The van der Waals surface area contributed by atoms with Crippen LogP contribution in [-0.4, -0.2) is 23.5 Å². The summed E-state index contributed by atoms with van der Waals surface area (Å²) in [5, 5.41) is 3.06. The quantitative estimate of drug-likeness (QED) is 0.261. The van der Waals surface area contributed by atoms with Crippen molar-refractivity contribution in [2.75, 3.05) is 6.54 Å². The summed E-state index contributed by atoms with van der Waals surface area (Å²) in [4.78, 5) is 15.6. The fourth-order valence-electron chi connectivity index (χ4n) is 5.57. The first-order valence-electron chi connectivity index (χ1n) is 14.0. The number of hydrogen-bond donors (Lipinski definition) is 1. The Labute approximate surface area is 232 Å². The van der Waals surface area contributed by atoms with Gasteiger partial charge in [0.15, 0.2) is 6.10 Å². The van der Waals surface area contributed by atoms with Crippen LogP contribution in [0, 0.1) is 13.8 Å². The molecule has 1 aliphatic rings. The van der Waals surface area contributed by atoms with Crippen LogP contribution in [0.25, 0.3) is 0 Å². The molecule has 5 rings (SSSR count). The zero-order chi connectivity index (χ0) is 27.2. The van der Waals surface area contributed by atoms with Crippen LogP contribution in [0.5, 0.6) is 5.75 Å². The van der Waals surface area contributed by atoms with Crippen molar-refractivity contribution in [2.45, 2.75) is 58.8 Å². The Morgan fingerprint density at radius 1 is 0.897 bits per heavy atom. The van der Waals surface area contributed by atoms with Crippen LogP contribution >= 0.6 is 0 Å². The maximum absolute atomic E-state index is 13.0. The van der Waals surface area contributed by atoms with Crippen LogP contribution in [0.3, 0.4) is 0 Å². The molecule has 0 spiro atoms. The van der Waals surface area contributed by atoms with Gasteiger partial charge in [-0.2, -0.15) is 0 Å². The van der Waals surface area contributed by atoms with Crippen LogP contribution in [0.2, 0.25) is 0 Å². The number of amides is 1. The van der Waals surface area contributed by atoms with Crippen molar-refractivity contribution in [1.82, 2.24) is 10.2 Å². The Balaban J connectivity index is 1.37. The molecular weight excluding hydrogens is 480 g/mol. The second-order valence-electron chi connectivity index (χ2n) is 10.6. The van der Waals surface area contributed by atoms with Gasteiger partial charge in [-0.05, 0) is 66.6 Å². The molecule has 39 heavy (non-hydrogen) atoms. The van der Waals surface area contributed by atoms with Crippen molar-refractivity contribution in [1.29, 1.82) is 0 Å². The molecule has 0 saturated heterocycles. The summed E-state index contributed by atoms with van der Waals surface area (Å²) in [6.07, 6.45) is 1.03. The number of aryl methyl sites for hydroxylation is 2. The van der Waals surface area contributed by atoms with Crippen molar-refractivity contribution in [3.63, 3.8) is 0 Å². The van der Waals surface area contributed by atoms with E-state index in [0.717, 1.165) is 30.8 Å². The van der Waals surface area contributed by atoms with Gasteiger partial charge in [0.05, 0.1) is 6.04 Å². The minimum absolute atomic E-state index is 0.0857. The van der Waals surface area contributed by atoms with Crippen LogP contribution in [0.15, 0.2) is 97.1 Å². The van der Waals surface area contributed by atoms with Crippen LogP contribution in [-0.2, 0) is 24.3 Å². The zero-order valence-corrected chi connectivity index (χ0v) is 23.2. The standard InChI is InChI=1S/C35H38N2O2/c1-4-33(35(38)36-23-27-12-8-10-25(2)20-27)39-31-17-16-29-18-19-37(24-28-13-9-11-26(3)21-28)34(32(29)22-31)30-14-6-5-7-15-30/h5-17,20-22,33-34H,4,18-19,23-24H2,1-3H3,(H,36,38)/t33-,34+/m1/s1. The van der Waals surface area contributed by atoms with E-state index >= 15 is 0 Å². The summed E-state index contributed by atoms with van der Waals surface area (Å²) in [5.41, 5.74) is 8.74. The minimum atomic E-state index is -0.546.